The van der Waals surface area contributed by atoms with E-state index in [0.29, 0.717) is 18.0 Å². The second kappa shape index (κ2) is 7.88. The predicted molar refractivity (Wildman–Crippen MR) is 86.9 cm³/mol. The number of benzene rings is 2. The lowest BCUT2D eigenvalue weighted by Gasteiger charge is -2.09. The van der Waals surface area contributed by atoms with Gasteiger partial charge in [0, 0.05) is 12.6 Å². The SMILES string of the molecule is COc1cccc(OC)c1C=CC(=O)NCc1ccccc1. The molecule has 4 heteroatoms. The van der Waals surface area contributed by atoms with Crippen LogP contribution in [-0.4, -0.2) is 20.1 Å². The summed E-state index contributed by atoms with van der Waals surface area (Å²) >= 11 is 0. The van der Waals surface area contributed by atoms with Crippen molar-refractivity contribution in [1.82, 2.24) is 5.32 Å². The number of nitrogens with one attached hydrogen (secondary N) is 1. The average Bonchev–Trinajstić information content (AvgIpc) is 2.58. The fourth-order valence-corrected chi connectivity index (χ4v) is 2.05. The summed E-state index contributed by atoms with van der Waals surface area (Å²) in [7, 11) is 3.17. The Morgan fingerprint density at radius 2 is 1.64 bits per heavy atom. The lowest BCUT2D eigenvalue weighted by atomic mass is 10.1. The molecule has 4 nitrogen and oxygen atoms in total. The monoisotopic (exact) mass is 297 g/mol. The summed E-state index contributed by atoms with van der Waals surface area (Å²) in [5, 5.41) is 2.84. The third-order valence-corrected chi connectivity index (χ3v) is 3.18. The number of amides is 1. The lowest BCUT2D eigenvalue weighted by molar-refractivity contribution is -0.116. The van der Waals surface area contributed by atoms with Crippen molar-refractivity contribution in [2.45, 2.75) is 6.54 Å². The quantitative estimate of drug-likeness (QED) is 0.834. The molecule has 0 saturated carbocycles. The van der Waals surface area contributed by atoms with E-state index in [2.05, 4.69) is 5.32 Å². The van der Waals surface area contributed by atoms with Crippen LogP contribution in [0.3, 0.4) is 0 Å². The highest BCUT2D eigenvalue weighted by molar-refractivity contribution is 5.92. The predicted octanol–water partition coefficient (Wildman–Crippen LogP) is 3.03. The Hall–Kier alpha value is -2.75. The van der Waals surface area contributed by atoms with Crippen molar-refractivity contribution in [2.75, 3.05) is 14.2 Å². The van der Waals surface area contributed by atoms with Gasteiger partial charge in [0.05, 0.1) is 19.8 Å². The molecular weight excluding hydrogens is 278 g/mol. The first-order valence-electron chi connectivity index (χ1n) is 6.95. The van der Waals surface area contributed by atoms with Gasteiger partial charge >= 0.3 is 0 Å². The molecular formula is C18H19NO3. The molecule has 0 unspecified atom stereocenters. The summed E-state index contributed by atoms with van der Waals surface area (Å²) < 4.78 is 10.6. The Morgan fingerprint density at radius 3 is 2.23 bits per heavy atom. The van der Waals surface area contributed by atoms with Crippen LogP contribution in [0.25, 0.3) is 6.08 Å². The van der Waals surface area contributed by atoms with Crippen molar-refractivity contribution >= 4 is 12.0 Å². The minimum Gasteiger partial charge on any atom is -0.496 e. The van der Waals surface area contributed by atoms with Crippen molar-refractivity contribution in [3.8, 4) is 11.5 Å². The van der Waals surface area contributed by atoms with E-state index < -0.39 is 0 Å². The average molecular weight is 297 g/mol. The standard InChI is InChI=1S/C18H19NO3/c1-21-16-9-6-10-17(22-2)15(16)11-12-18(20)19-13-14-7-4-3-5-8-14/h3-12H,13H2,1-2H3,(H,19,20). The number of carbonyl (C=O) groups excluding carboxylic acids is 1. The minimum absolute atomic E-state index is 0.170. The zero-order valence-electron chi connectivity index (χ0n) is 12.7. The smallest absolute Gasteiger partial charge is 0.244 e. The maximum atomic E-state index is 11.9. The van der Waals surface area contributed by atoms with Crippen LogP contribution >= 0.6 is 0 Å². The van der Waals surface area contributed by atoms with Crippen LogP contribution in [0.4, 0.5) is 0 Å². The van der Waals surface area contributed by atoms with Gasteiger partial charge in [-0.05, 0) is 23.8 Å². The summed E-state index contributed by atoms with van der Waals surface area (Å²) in [6.45, 7) is 0.493. The highest BCUT2D eigenvalue weighted by Crippen LogP contribution is 2.29. The Bertz CT molecular complexity index is 628. The van der Waals surface area contributed by atoms with Gasteiger partial charge in [-0.2, -0.15) is 0 Å². The Kier molecular flexibility index (Phi) is 5.60. The first-order chi connectivity index (χ1) is 10.7. The fraction of sp³-hybridized carbons (Fsp3) is 0.167. The Balaban J connectivity index is 2.03. The van der Waals surface area contributed by atoms with Gasteiger partial charge in [0.2, 0.25) is 5.91 Å². The number of hydrogen-bond donors (Lipinski definition) is 1. The second-order valence-corrected chi connectivity index (χ2v) is 4.61. The Labute approximate surface area is 130 Å². The van der Waals surface area contributed by atoms with Crippen molar-refractivity contribution in [3.05, 3.63) is 65.7 Å². The molecule has 0 fully saturated rings. The van der Waals surface area contributed by atoms with Gasteiger partial charge in [-0.25, -0.2) is 0 Å². The molecule has 2 aromatic rings. The van der Waals surface area contributed by atoms with Gasteiger partial charge in [0.15, 0.2) is 0 Å². The minimum atomic E-state index is -0.170. The molecule has 0 aliphatic rings. The van der Waals surface area contributed by atoms with Crippen LogP contribution in [0.1, 0.15) is 11.1 Å². The molecule has 0 radical (unpaired) electrons. The van der Waals surface area contributed by atoms with Crippen molar-refractivity contribution in [2.24, 2.45) is 0 Å². The van der Waals surface area contributed by atoms with Gasteiger partial charge < -0.3 is 14.8 Å². The van der Waals surface area contributed by atoms with E-state index in [4.69, 9.17) is 9.47 Å². The molecule has 114 valence electrons. The largest absolute Gasteiger partial charge is 0.496 e. The van der Waals surface area contributed by atoms with Crippen LogP contribution in [0, 0.1) is 0 Å². The number of hydrogen-bond acceptors (Lipinski definition) is 3. The summed E-state index contributed by atoms with van der Waals surface area (Å²) in [5.74, 6) is 1.15. The van der Waals surface area contributed by atoms with Gasteiger partial charge in [-0.3, -0.25) is 4.79 Å². The summed E-state index contributed by atoms with van der Waals surface area (Å²) in [4.78, 5) is 11.9. The summed E-state index contributed by atoms with van der Waals surface area (Å²) in [6.07, 6.45) is 3.17. The van der Waals surface area contributed by atoms with Crippen LogP contribution < -0.4 is 14.8 Å². The highest BCUT2D eigenvalue weighted by Gasteiger charge is 2.06. The van der Waals surface area contributed by atoms with E-state index in [0.717, 1.165) is 11.1 Å². The van der Waals surface area contributed by atoms with Crippen molar-refractivity contribution < 1.29 is 14.3 Å². The van der Waals surface area contributed by atoms with E-state index >= 15 is 0 Å². The maximum absolute atomic E-state index is 11.9. The van der Waals surface area contributed by atoms with Gasteiger partial charge in [-0.1, -0.05) is 36.4 Å². The molecule has 0 aliphatic heterocycles. The van der Waals surface area contributed by atoms with Gasteiger partial charge in [-0.15, -0.1) is 0 Å². The van der Waals surface area contributed by atoms with E-state index in [-0.39, 0.29) is 5.91 Å². The van der Waals surface area contributed by atoms with Crippen LogP contribution in [0.15, 0.2) is 54.6 Å². The lowest BCUT2D eigenvalue weighted by Crippen LogP contribution is -2.20. The number of rotatable bonds is 6. The molecule has 0 atom stereocenters. The molecule has 2 rings (SSSR count). The second-order valence-electron chi connectivity index (χ2n) is 4.61. The van der Waals surface area contributed by atoms with Gasteiger partial charge in [0.25, 0.3) is 0 Å². The summed E-state index contributed by atoms with van der Waals surface area (Å²) in [5.41, 5.74) is 1.79. The molecule has 0 bridgehead atoms. The number of ether oxygens (including phenoxy) is 2. The first kappa shape index (κ1) is 15.6. The molecule has 2 aromatic carbocycles. The number of carbonyl (C=O) groups is 1. The number of methoxy groups -OCH3 is 2. The zero-order valence-corrected chi connectivity index (χ0v) is 12.7. The van der Waals surface area contributed by atoms with E-state index in [1.54, 1.807) is 20.3 Å². The topological polar surface area (TPSA) is 47.6 Å². The Morgan fingerprint density at radius 1 is 1.00 bits per heavy atom. The molecule has 0 heterocycles. The third-order valence-electron chi connectivity index (χ3n) is 3.18. The third kappa shape index (κ3) is 4.12. The normalized spacial score (nSPS) is 10.5. The van der Waals surface area contributed by atoms with E-state index in [1.165, 1.54) is 6.08 Å². The van der Waals surface area contributed by atoms with Crippen LogP contribution in [-0.2, 0) is 11.3 Å². The van der Waals surface area contributed by atoms with Crippen LogP contribution in [0.2, 0.25) is 0 Å². The molecule has 0 aromatic heterocycles. The molecule has 0 saturated heterocycles. The summed E-state index contributed by atoms with van der Waals surface area (Å²) in [6, 6.07) is 15.2. The van der Waals surface area contributed by atoms with E-state index in [9.17, 15) is 4.79 Å². The fourth-order valence-electron chi connectivity index (χ4n) is 2.05. The first-order valence-corrected chi connectivity index (χ1v) is 6.95. The molecule has 0 aliphatic carbocycles. The van der Waals surface area contributed by atoms with Crippen LogP contribution in [0.5, 0.6) is 11.5 Å². The molecule has 1 amide bonds. The van der Waals surface area contributed by atoms with Crippen molar-refractivity contribution in [3.63, 3.8) is 0 Å². The van der Waals surface area contributed by atoms with E-state index in [1.807, 2.05) is 48.5 Å². The molecule has 0 spiro atoms. The molecule has 1 N–H and O–H groups in total. The zero-order chi connectivity index (χ0) is 15.8. The molecule has 22 heavy (non-hydrogen) atoms. The highest BCUT2D eigenvalue weighted by atomic mass is 16.5. The maximum Gasteiger partial charge on any atom is 0.244 e. The van der Waals surface area contributed by atoms with Gasteiger partial charge in [0.1, 0.15) is 11.5 Å². The van der Waals surface area contributed by atoms with Crippen molar-refractivity contribution in [1.29, 1.82) is 0 Å².